The van der Waals surface area contributed by atoms with Crippen molar-refractivity contribution < 1.29 is 4.79 Å². The van der Waals surface area contributed by atoms with E-state index in [0.717, 1.165) is 16.3 Å². The van der Waals surface area contributed by atoms with Crippen LogP contribution in [0.15, 0.2) is 35.7 Å². The lowest BCUT2D eigenvalue weighted by atomic mass is 10.1. The maximum absolute atomic E-state index is 12.1. The molecule has 0 spiro atoms. The van der Waals surface area contributed by atoms with Crippen molar-refractivity contribution in [3.8, 4) is 0 Å². The first-order valence-corrected chi connectivity index (χ1v) is 7.18. The zero-order chi connectivity index (χ0) is 13.8. The Morgan fingerprint density at radius 3 is 2.63 bits per heavy atom. The Hall–Kier alpha value is -1.62. The minimum atomic E-state index is 0.114. The van der Waals surface area contributed by atoms with Crippen LogP contribution in [0.1, 0.15) is 35.8 Å². The largest absolute Gasteiger partial charge is 0.306 e. The van der Waals surface area contributed by atoms with Crippen molar-refractivity contribution in [3.63, 3.8) is 0 Å². The van der Waals surface area contributed by atoms with Crippen molar-refractivity contribution in [2.45, 2.75) is 32.0 Å². The molecule has 0 bridgehead atoms. The number of aryl methyl sites for hydroxylation is 1. The van der Waals surface area contributed by atoms with Crippen LogP contribution >= 0.6 is 11.8 Å². The molecule has 0 radical (unpaired) electrons. The summed E-state index contributed by atoms with van der Waals surface area (Å²) < 4.78 is 1.97. The summed E-state index contributed by atoms with van der Waals surface area (Å²) in [7, 11) is 0. The second-order valence-electron chi connectivity index (χ2n) is 4.69. The van der Waals surface area contributed by atoms with E-state index in [-0.39, 0.29) is 5.78 Å². The first kappa shape index (κ1) is 13.8. The fourth-order valence-electron chi connectivity index (χ4n) is 1.64. The average Bonchev–Trinajstić information content (AvgIpc) is 2.85. The van der Waals surface area contributed by atoms with Crippen molar-refractivity contribution in [3.05, 3.63) is 41.7 Å². The topological polar surface area (TPSA) is 47.8 Å². The molecule has 100 valence electrons. The molecule has 4 nitrogen and oxygen atoms in total. The van der Waals surface area contributed by atoms with E-state index < -0.39 is 0 Å². The first-order valence-electron chi connectivity index (χ1n) is 6.20. The van der Waals surface area contributed by atoms with E-state index in [2.05, 4.69) is 24.0 Å². The molecule has 0 aliphatic carbocycles. The van der Waals surface area contributed by atoms with Gasteiger partial charge in [0.25, 0.3) is 0 Å². The lowest BCUT2D eigenvalue weighted by molar-refractivity contribution is 0.102. The highest BCUT2D eigenvalue weighted by Crippen LogP contribution is 2.20. The van der Waals surface area contributed by atoms with E-state index in [0.29, 0.717) is 11.8 Å². The van der Waals surface area contributed by atoms with Crippen LogP contribution in [-0.4, -0.2) is 26.3 Å². The Bertz CT molecular complexity index is 560. The maximum Gasteiger partial charge on any atom is 0.191 e. The van der Waals surface area contributed by atoms with Crippen LogP contribution in [0.4, 0.5) is 0 Å². The van der Waals surface area contributed by atoms with Crippen molar-refractivity contribution in [2.75, 3.05) is 5.75 Å². The number of nitrogens with zero attached hydrogens (tertiary/aromatic N) is 3. The lowest BCUT2D eigenvalue weighted by Crippen LogP contribution is -2.05. The third kappa shape index (κ3) is 3.44. The summed E-state index contributed by atoms with van der Waals surface area (Å²) in [5.74, 6) is 0.498. The second-order valence-corrected chi connectivity index (χ2v) is 5.63. The van der Waals surface area contributed by atoms with E-state index in [1.54, 1.807) is 6.33 Å². The smallest absolute Gasteiger partial charge is 0.191 e. The van der Waals surface area contributed by atoms with Gasteiger partial charge in [-0.05, 0) is 20.8 Å². The standard InChI is InChI=1S/C14H17N3OS/c1-10(2)17-9-15-16-14(17)19-8-13(18)12-6-4-11(3)5-7-12/h4-7,9-10H,8H2,1-3H3. The highest BCUT2D eigenvalue weighted by molar-refractivity contribution is 7.99. The molecule has 19 heavy (non-hydrogen) atoms. The molecule has 0 saturated heterocycles. The molecule has 0 aliphatic heterocycles. The van der Waals surface area contributed by atoms with Crippen LogP contribution in [0.5, 0.6) is 0 Å². The predicted octanol–water partition coefficient (Wildman–Crippen LogP) is 3.14. The van der Waals surface area contributed by atoms with Gasteiger partial charge < -0.3 is 4.57 Å². The number of hydrogen-bond donors (Lipinski definition) is 0. The summed E-state index contributed by atoms with van der Waals surface area (Å²) in [5, 5.41) is 8.71. The Labute approximate surface area is 117 Å². The second kappa shape index (κ2) is 6.02. The molecule has 1 aromatic carbocycles. The van der Waals surface area contributed by atoms with E-state index in [4.69, 9.17) is 0 Å². The molecule has 0 atom stereocenters. The Morgan fingerprint density at radius 2 is 2.00 bits per heavy atom. The fourth-order valence-corrected chi connectivity index (χ4v) is 2.58. The van der Waals surface area contributed by atoms with Gasteiger partial charge in [-0.15, -0.1) is 10.2 Å². The van der Waals surface area contributed by atoms with E-state index in [1.807, 2.05) is 35.8 Å². The number of aromatic nitrogens is 3. The van der Waals surface area contributed by atoms with Gasteiger partial charge in [0, 0.05) is 11.6 Å². The number of carbonyl (C=O) groups excluding carboxylic acids is 1. The molecule has 0 amide bonds. The van der Waals surface area contributed by atoms with Crippen LogP contribution in [0.25, 0.3) is 0 Å². The van der Waals surface area contributed by atoms with E-state index in [9.17, 15) is 4.79 Å². The van der Waals surface area contributed by atoms with Gasteiger partial charge in [0.15, 0.2) is 10.9 Å². The van der Waals surface area contributed by atoms with Crippen molar-refractivity contribution in [1.82, 2.24) is 14.8 Å². The number of Topliss-reactive ketones (excluding diaryl/α,β-unsaturated/α-hetero) is 1. The van der Waals surface area contributed by atoms with Gasteiger partial charge in [-0.25, -0.2) is 0 Å². The highest BCUT2D eigenvalue weighted by Gasteiger charge is 2.11. The molecule has 0 saturated carbocycles. The summed E-state index contributed by atoms with van der Waals surface area (Å²) in [6.07, 6.45) is 1.70. The molecule has 0 aliphatic rings. The SMILES string of the molecule is Cc1ccc(C(=O)CSc2nncn2C(C)C)cc1. The minimum Gasteiger partial charge on any atom is -0.306 e. The lowest BCUT2D eigenvalue weighted by Gasteiger charge is -2.08. The van der Waals surface area contributed by atoms with Gasteiger partial charge >= 0.3 is 0 Å². The molecule has 5 heteroatoms. The monoisotopic (exact) mass is 275 g/mol. The van der Waals surface area contributed by atoms with E-state index >= 15 is 0 Å². The van der Waals surface area contributed by atoms with Crippen LogP contribution in [0, 0.1) is 6.92 Å². The number of rotatable bonds is 5. The summed E-state index contributed by atoms with van der Waals surface area (Å²) in [6.45, 7) is 6.14. The van der Waals surface area contributed by atoms with Gasteiger partial charge in [0.05, 0.1) is 5.75 Å². The maximum atomic E-state index is 12.1. The van der Waals surface area contributed by atoms with Crippen LogP contribution in [0.3, 0.4) is 0 Å². The van der Waals surface area contributed by atoms with Crippen molar-refractivity contribution >= 4 is 17.5 Å². The molecule has 0 unspecified atom stereocenters. The number of thioether (sulfide) groups is 1. The number of carbonyl (C=O) groups is 1. The Morgan fingerprint density at radius 1 is 1.32 bits per heavy atom. The minimum absolute atomic E-state index is 0.114. The van der Waals surface area contributed by atoms with Gasteiger partial charge in [-0.3, -0.25) is 4.79 Å². The highest BCUT2D eigenvalue weighted by atomic mass is 32.2. The van der Waals surface area contributed by atoms with Crippen LogP contribution in [-0.2, 0) is 0 Å². The van der Waals surface area contributed by atoms with E-state index in [1.165, 1.54) is 11.8 Å². The Balaban J connectivity index is 2.00. The number of ketones is 1. The molecular formula is C14H17N3OS. The van der Waals surface area contributed by atoms with Gasteiger partial charge in [-0.1, -0.05) is 41.6 Å². The first-order chi connectivity index (χ1) is 9.08. The molecular weight excluding hydrogens is 258 g/mol. The summed E-state index contributed by atoms with van der Waals surface area (Å²) in [6, 6.07) is 7.94. The summed E-state index contributed by atoms with van der Waals surface area (Å²) >= 11 is 1.43. The molecule has 2 rings (SSSR count). The predicted molar refractivity (Wildman–Crippen MR) is 76.6 cm³/mol. The van der Waals surface area contributed by atoms with Crippen LogP contribution < -0.4 is 0 Å². The van der Waals surface area contributed by atoms with Gasteiger partial charge in [-0.2, -0.15) is 0 Å². The normalized spacial score (nSPS) is 10.9. The number of hydrogen-bond acceptors (Lipinski definition) is 4. The van der Waals surface area contributed by atoms with Crippen LogP contribution in [0.2, 0.25) is 0 Å². The quantitative estimate of drug-likeness (QED) is 0.621. The van der Waals surface area contributed by atoms with Gasteiger partial charge in [0.2, 0.25) is 0 Å². The molecule has 1 heterocycles. The molecule has 0 N–H and O–H groups in total. The summed E-state index contributed by atoms with van der Waals surface area (Å²) in [5.41, 5.74) is 1.90. The van der Waals surface area contributed by atoms with Crippen molar-refractivity contribution in [1.29, 1.82) is 0 Å². The zero-order valence-corrected chi connectivity index (χ0v) is 12.1. The zero-order valence-electron chi connectivity index (χ0n) is 11.3. The molecule has 2 aromatic rings. The molecule has 1 aromatic heterocycles. The Kier molecular flexibility index (Phi) is 4.37. The third-order valence-electron chi connectivity index (χ3n) is 2.80. The van der Waals surface area contributed by atoms with Gasteiger partial charge in [0.1, 0.15) is 6.33 Å². The number of benzene rings is 1. The fraction of sp³-hybridized carbons (Fsp3) is 0.357. The van der Waals surface area contributed by atoms with Crippen molar-refractivity contribution in [2.24, 2.45) is 0 Å². The molecule has 0 fully saturated rings. The third-order valence-corrected chi connectivity index (χ3v) is 3.76. The average molecular weight is 275 g/mol. The summed E-state index contributed by atoms with van der Waals surface area (Å²) in [4.78, 5) is 12.1.